The normalized spacial score (nSPS) is 10.6. The second-order valence-corrected chi connectivity index (χ2v) is 6.80. The first kappa shape index (κ1) is 20.1. The molecule has 2 aromatic carbocycles. The number of nitro groups is 1. The summed E-state index contributed by atoms with van der Waals surface area (Å²) in [7, 11) is 3.28. The third kappa shape index (κ3) is 3.96. The minimum atomic E-state index is -0.499. The molecule has 0 radical (unpaired) electrons. The van der Waals surface area contributed by atoms with Gasteiger partial charge in [0.05, 0.1) is 16.3 Å². The summed E-state index contributed by atoms with van der Waals surface area (Å²) in [6, 6.07) is 14.2. The van der Waals surface area contributed by atoms with E-state index in [9.17, 15) is 14.9 Å². The van der Waals surface area contributed by atoms with Crippen molar-refractivity contribution in [3.63, 3.8) is 0 Å². The zero-order valence-corrected chi connectivity index (χ0v) is 16.8. The highest BCUT2D eigenvalue weighted by atomic mass is 16.6. The molecule has 8 heteroatoms. The minimum absolute atomic E-state index is 0.129. The molecule has 1 aromatic heterocycles. The Bertz CT molecular complexity index is 1060. The summed E-state index contributed by atoms with van der Waals surface area (Å²) in [5, 5.41) is 18.6. The average molecular weight is 393 g/mol. The van der Waals surface area contributed by atoms with Crippen LogP contribution in [0.25, 0.3) is 5.69 Å². The SMILES string of the molecule is CNc1ccc(C(=O)N(C)Cc2c(C)nn(-c3ccccc3)c2C)cc1[N+](=O)[O-]. The van der Waals surface area contributed by atoms with Gasteiger partial charge in [0.25, 0.3) is 11.6 Å². The van der Waals surface area contributed by atoms with E-state index in [1.54, 1.807) is 31.1 Å². The number of benzene rings is 2. The van der Waals surface area contributed by atoms with Crippen LogP contribution in [0, 0.1) is 24.0 Å². The first-order chi connectivity index (χ1) is 13.8. The van der Waals surface area contributed by atoms with Crippen molar-refractivity contribution in [2.24, 2.45) is 0 Å². The maximum atomic E-state index is 12.9. The topological polar surface area (TPSA) is 93.3 Å². The van der Waals surface area contributed by atoms with Crippen LogP contribution < -0.4 is 5.32 Å². The molecule has 150 valence electrons. The summed E-state index contributed by atoms with van der Waals surface area (Å²) in [5.74, 6) is -0.290. The second kappa shape index (κ2) is 8.14. The van der Waals surface area contributed by atoms with Gasteiger partial charge in [-0.3, -0.25) is 14.9 Å². The number of para-hydroxylation sites is 1. The molecule has 0 aliphatic carbocycles. The Labute approximate surface area is 168 Å². The van der Waals surface area contributed by atoms with Crippen molar-refractivity contribution in [1.29, 1.82) is 0 Å². The fourth-order valence-corrected chi connectivity index (χ4v) is 3.28. The molecule has 8 nitrogen and oxygen atoms in total. The lowest BCUT2D eigenvalue weighted by Crippen LogP contribution is -2.26. The number of aryl methyl sites for hydroxylation is 1. The molecule has 3 aromatic rings. The quantitative estimate of drug-likeness (QED) is 0.509. The summed E-state index contributed by atoms with van der Waals surface area (Å²) >= 11 is 0. The maximum Gasteiger partial charge on any atom is 0.293 e. The molecule has 0 saturated carbocycles. The Kier molecular flexibility index (Phi) is 5.63. The van der Waals surface area contributed by atoms with E-state index in [0.717, 1.165) is 22.6 Å². The van der Waals surface area contributed by atoms with Gasteiger partial charge < -0.3 is 10.2 Å². The lowest BCUT2D eigenvalue weighted by Gasteiger charge is -2.18. The largest absolute Gasteiger partial charge is 0.383 e. The number of aromatic nitrogens is 2. The number of nitrogens with one attached hydrogen (secondary N) is 1. The molecule has 3 rings (SSSR count). The van der Waals surface area contributed by atoms with E-state index in [1.807, 2.05) is 48.9 Å². The summed E-state index contributed by atoms with van der Waals surface area (Å²) in [4.78, 5) is 25.2. The molecule has 1 amide bonds. The Hall–Kier alpha value is -3.68. The molecular formula is C21H23N5O3. The van der Waals surface area contributed by atoms with Gasteiger partial charge in [-0.1, -0.05) is 18.2 Å². The predicted octanol–water partition coefficient (Wildman–Crippen LogP) is 3.71. The van der Waals surface area contributed by atoms with Crippen LogP contribution in [-0.4, -0.2) is 39.6 Å². The summed E-state index contributed by atoms with van der Waals surface area (Å²) in [5.41, 5.74) is 4.19. The molecule has 0 atom stereocenters. The highest BCUT2D eigenvalue weighted by Gasteiger charge is 2.21. The van der Waals surface area contributed by atoms with Crippen molar-refractivity contribution in [2.45, 2.75) is 20.4 Å². The van der Waals surface area contributed by atoms with Crippen molar-refractivity contribution >= 4 is 17.3 Å². The van der Waals surface area contributed by atoms with Crippen molar-refractivity contribution < 1.29 is 9.72 Å². The number of amides is 1. The molecule has 29 heavy (non-hydrogen) atoms. The predicted molar refractivity (Wildman–Crippen MR) is 111 cm³/mol. The fraction of sp³-hybridized carbons (Fsp3) is 0.238. The van der Waals surface area contributed by atoms with Gasteiger partial charge in [0.15, 0.2) is 0 Å². The van der Waals surface area contributed by atoms with Crippen molar-refractivity contribution in [3.8, 4) is 5.69 Å². The lowest BCUT2D eigenvalue weighted by atomic mass is 10.1. The van der Waals surface area contributed by atoms with Crippen LogP contribution in [0.15, 0.2) is 48.5 Å². The van der Waals surface area contributed by atoms with Crippen LogP contribution in [0.3, 0.4) is 0 Å². The van der Waals surface area contributed by atoms with Gasteiger partial charge >= 0.3 is 0 Å². The number of rotatable bonds is 6. The first-order valence-corrected chi connectivity index (χ1v) is 9.15. The van der Waals surface area contributed by atoms with Crippen molar-refractivity contribution in [1.82, 2.24) is 14.7 Å². The standard InChI is InChI=1S/C21H23N5O3/c1-14-18(15(2)25(23-14)17-8-6-5-7-9-17)13-24(4)21(27)16-10-11-19(22-3)20(12-16)26(28)29/h5-12,22H,13H2,1-4H3. The monoisotopic (exact) mass is 393 g/mol. The van der Waals surface area contributed by atoms with Gasteiger partial charge in [0.2, 0.25) is 0 Å². The van der Waals surface area contributed by atoms with Gasteiger partial charge in [-0.05, 0) is 38.1 Å². The van der Waals surface area contributed by atoms with E-state index in [0.29, 0.717) is 12.2 Å². The zero-order chi connectivity index (χ0) is 21.1. The van der Waals surface area contributed by atoms with Crippen LogP contribution in [0.5, 0.6) is 0 Å². The summed E-state index contributed by atoms with van der Waals surface area (Å²) < 4.78 is 1.86. The second-order valence-electron chi connectivity index (χ2n) is 6.80. The summed E-state index contributed by atoms with van der Waals surface area (Å²) in [6.45, 7) is 4.23. The Balaban J connectivity index is 1.87. The molecule has 0 aliphatic rings. The lowest BCUT2D eigenvalue weighted by molar-refractivity contribution is -0.384. The number of hydrogen-bond donors (Lipinski definition) is 1. The van der Waals surface area contributed by atoms with Gasteiger partial charge in [0, 0.05) is 43.5 Å². The van der Waals surface area contributed by atoms with Crippen LogP contribution in [0.4, 0.5) is 11.4 Å². The molecule has 0 aliphatic heterocycles. The van der Waals surface area contributed by atoms with Crippen LogP contribution in [-0.2, 0) is 6.54 Å². The number of hydrogen-bond acceptors (Lipinski definition) is 5. The fourth-order valence-electron chi connectivity index (χ4n) is 3.28. The van der Waals surface area contributed by atoms with E-state index < -0.39 is 4.92 Å². The van der Waals surface area contributed by atoms with Gasteiger partial charge in [-0.2, -0.15) is 5.10 Å². The molecule has 0 fully saturated rings. The zero-order valence-electron chi connectivity index (χ0n) is 16.8. The number of nitrogens with zero attached hydrogens (tertiary/aromatic N) is 4. The Morgan fingerprint density at radius 1 is 1.21 bits per heavy atom. The van der Waals surface area contributed by atoms with E-state index >= 15 is 0 Å². The summed E-state index contributed by atoms with van der Waals surface area (Å²) in [6.07, 6.45) is 0. The van der Waals surface area contributed by atoms with Crippen LogP contribution in [0.2, 0.25) is 0 Å². The number of nitro benzene ring substituents is 1. The highest BCUT2D eigenvalue weighted by Crippen LogP contribution is 2.26. The third-order valence-electron chi connectivity index (χ3n) is 4.89. The third-order valence-corrected chi connectivity index (χ3v) is 4.89. The maximum absolute atomic E-state index is 12.9. The number of anilines is 1. The Morgan fingerprint density at radius 2 is 1.90 bits per heavy atom. The highest BCUT2D eigenvalue weighted by molar-refractivity contribution is 5.95. The number of carbonyl (C=O) groups is 1. The van der Waals surface area contributed by atoms with Gasteiger partial charge in [0.1, 0.15) is 5.69 Å². The molecule has 1 heterocycles. The van der Waals surface area contributed by atoms with Crippen LogP contribution in [0.1, 0.15) is 27.3 Å². The molecule has 1 N–H and O–H groups in total. The first-order valence-electron chi connectivity index (χ1n) is 9.15. The van der Waals surface area contributed by atoms with Gasteiger partial charge in [-0.15, -0.1) is 0 Å². The average Bonchev–Trinajstić information content (AvgIpc) is 3.01. The molecule has 0 bridgehead atoms. The molecule has 0 unspecified atom stereocenters. The number of carbonyl (C=O) groups excluding carboxylic acids is 1. The van der Waals surface area contributed by atoms with E-state index in [4.69, 9.17) is 0 Å². The Morgan fingerprint density at radius 3 is 2.52 bits per heavy atom. The van der Waals surface area contributed by atoms with Crippen molar-refractivity contribution in [2.75, 3.05) is 19.4 Å². The van der Waals surface area contributed by atoms with E-state index in [1.165, 1.54) is 6.07 Å². The molecule has 0 saturated heterocycles. The smallest absolute Gasteiger partial charge is 0.293 e. The van der Waals surface area contributed by atoms with Crippen molar-refractivity contribution in [3.05, 3.63) is 81.2 Å². The van der Waals surface area contributed by atoms with E-state index in [2.05, 4.69) is 10.4 Å². The molecular weight excluding hydrogens is 370 g/mol. The molecule has 0 spiro atoms. The minimum Gasteiger partial charge on any atom is -0.383 e. The van der Waals surface area contributed by atoms with Crippen LogP contribution >= 0.6 is 0 Å². The van der Waals surface area contributed by atoms with Gasteiger partial charge in [-0.25, -0.2) is 4.68 Å². The van der Waals surface area contributed by atoms with E-state index in [-0.39, 0.29) is 17.2 Å².